The maximum Gasteiger partial charge on any atom is 0.387 e. The van der Waals surface area contributed by atoms with Crippen molar-refractivity contribution in [1.29, 1.82) is 0 Å². The molecule has 27 heavy (non-hydrogen) atoms. The number of aromatic nitrogens is 3. The number of ether oxygens (including phenoxy) is 1. The number of hydrogen-bond acceptors (Lipinski definition) is 5. The zero-order valence-corrected chi connectivity index (χ0v) is 15.7. The number of alkyl halides is 2. The van der Waals surface area contributed by atoms with Crippen LogP contribution in [-0.4, -0.2) is 52.5 Å². The number of amides is 1. The highest BCUT2D eigenvalue weighted by Gasteiger charge is 2.20. The molecule has 1 N–H and O–H groups in total. The van der Waals surface area contributed by atoms with Crippen LogP contribution in [0.5, 0.6) is 5.75 Å². The molecule has 10 heteroatoms. The second-order valence-electron chi connectivity index (χ2n) is 6.25. The maximum atomic E-state index is 12.5. The Balaban J connectivity index is 0.00000261. The van der Waals surface area contributed by atoms with Gasteiger partial charge in [-0.1, -0.05) is 17.3 Å². The van der Waals surface area contributed by atoms with Crippen molar-refractivity contribution in [3.05, 3.63) is 41.7 Å². The van der Waals surface area contributed by atoms with E-state index in [-0.39, 0.29) is 30.1 Å². The van der Waals surface area contributed by atoms with E-state index in [1.54, 1.807) is 30.1 Å². The summed E-state index contributed by atoms with van der Waals surface area (Å²) in [7, 11) is 1.66. The Labute approximate surface area is 162 Å². The number of nitrogens with one attached hydrogen (secondary N) is 1. The van der Waals surface area contributed by atoms with Crippen LogP contribution in [0.15, 0.2) is 30.5 Å². The van der Waals surface area contributed by atoms with Gasteiger partial charge in [-0.2, -0.15) is 8.78 Å². The van der Waals surface area contributed by atoms with Crippen LogP contribution in [0.1, 0.15) is 34.9 Å². The average Bonchev–Trinajstić information content (AvgIpc) is 3.13. The van der Waals surface area contributed by atoms with E-state index in [0.29, 0.717) is 12.2 Å². The molecule has 2 heterocycles. The lowest BCUT2D eigenvalue weighted by Crippen LogP contribution is -2.29. The quantitative estimate of drug-likeness (QED) is 0.805. The lowest BCUT2D eigenvalue weighted by Gasteiger charge is -2.22. The molecule has 7 nitrogen and oxygen atoms in total. The molecule has 0 bridgehead atoms. The van der Waals surface area contributed by atoms with Gasteiger partial charge >= 0.3 is 6.61 Å². The second kappa shape index (κ2) is 9.61. The topological polar surface area (TPSA) is 72.3 Å². The number of carbonyl (C=O) groups is 1. The standard InChI is InChI=1S/C17H21F2N5O2.ClH/c1-23(10-12-2-4-14(5-3-12)26-17(18)19)16(25)15-11-24(22-21-15)13-6-8-20-9-7-13;/h2-5,11,13,17,20H,6-10H2,1H3;1H. The normalized spacial score (nSPS) is 14.7. The lowest BCUT2D eigenvalue weighted by molar-refractivity contribution is -0.0498. The first-order valence-electron chi connectivity index (χ1n) is 8.44. The van der Waals surface area contributed by atoms with Crippen LogP contribution in [0.4, 0.5) is 8.78 Å². The van der Waals surface area contributed by atoms with Crippen molar-refractivity contribution < 1.29 is 18.3 Å². The lowest BCUT2D eigenvalue weighted by atomic mass is 10.1. The Morgan fingerprint density at radius 1 is 1.33 bits per heavy atom. The van der Waals surface area contributed by atoms with Gasteiger partial charge in [0.2, 0.25) is 0 Å². The fraction of sp³-hybridized carbons (Fsp3) is 0.471. The van der Waals surface area contributed by atoms with Crippen molar-refractivity contribution >= 4 is 18.3 Å². The number of benzene rings is 1. The largest absolute Gasteiger partial charge is 0.435 e. The summed E-state index contributed by atoms with van der Waals surface area (Å²) < 4.78 is 30.4. The van der Waals surface area contributed by atoms with Crippen molar-refractivity contribution in [2.24, 2.45) is 0 Å². The minimum Gasteiger partial charge on any atom is -0.435 e. The minimum atomic E-state index is -2.85. The SMILES string of the molecule is CN(Cc1ccc(OC(F)F)cc1)C(=O)c1cn(C2CCNCC2)nn1.Cl. The van der Waals surface area contributed by atoms with Crippen LogP contribution in [0, 0.1) is 0 Å². The monoisotopic (exact) mass is 401 g/mol. The van der Waals surface area contributed by atoms with Gasteiger partial charge in [-0.05, 0) is 43.6 Å². The molecule has 3 rings (SSSR count). The molecule has 0 spiro atoms. The van der Waals surface area contributed by atoms with Crippen LogP contribution in [-0.2, 0) is 6.54 Å². The molecule has 2 aromatic rings. The molecule has 1 aromatic carbocycles. The van der Waals surface area contributed by atoms with Crippen LogP contribution in [0.3, 0.4) is 0 Å². The summed E-state index contributed by atoms with van der Waals surface area (Å²) in [6.07, 6.45) is 3.61. The number of nitrogens with zero attached hydrogens (tertiary/aromatic N) is 4. The summed E-state index contributed by atoms with van der Waals surface area (Å²) in [6, 6.07) is 6.46. The Hall–Kier alpha value is -2.26. The first kappa shape index (κ1) is 21.0. The molecule has 1 saturated heterocycles. The maximum absolute atomic E-state index is 12.5. The third-order valence-corrected chi connectivity index (χ3v) is 4.33. The van der Waals surface area contributed by atoms with E-state index in [2.05, 4.69) is 20.4 Å². The summed E-state index contributed by atoms with van der Waals surface area (Å²) in [4.78, 5) is 14.0. The third-order valence-electron chi connectivity index (χ3n) is 4.33. The predicted octanol–water partition coefficient (Wildman–Crippen LogP) is 2.50. The Morgan fingerprint density at radius 2 is 2.00 bits per heavy atom. The predicted molar refractivity (Wildman–Crippen MR) is 97.3 cm³/mol. The van der Waals surface area contributed by atoms with E-state index >= 15 is 0 Å². The molecule has 1 aliphatic rings. The second-order valence-corrected chi connectivity index (χ2v) is 6.25. The van der Waals surface area contributed by atoms with Crippen molar-refractivity contribution in [1.82, 2.24) is 25.2 Å². The Morgan fingerprint density at radius 3 is 2.63 bits per heavy atom. The van der Waals surface area contributed by atoms with E-state index in [9.17, 15) is 13.6 Å². The first-order chi connectivity index (χ1) is 12.5. The Bertz CT molecular complexity index is 735. The summed E-state index contributed by atoms with van der Waals surface area (Å²) in [5, 5.41) is 11.4. The van der Waals surface area contributed by atoms with Gasteiger partial charge in [-0.3, -0.25) is 4.79 Å². The molecular weight excluding hydrogens is 380 g/mol. The zero-order chi connectivity index (χ0) is 18.5. The van der Waals surface area contributed by atoms with Crippen molar-refractivity contribution in [2.75, 3.05) is 20.1 Å². The third kappa shape index (κ3) is 5.61. The summed E-state index contributed by atoms with van der Waals surface area (Å²) >= 11 is 0. The Kier molecular flexibility index (Phi) is 7.49. The van der Waals surface area contributed by atoms with Crippen molar-refractivity contribution in [3.63, 3.8) is 0 Å². The van der Waals surface area contributed by atoms with Gasteiger partial charge in [0.05, 0.1) is 12.2 Å². The fourth-order valence-electron chi connectivity index (χ4n) is 2.94. The van der Waals surface area contributed by atoms with Crippen LogP contribution < -0.4 is 10.1 Å². The van der Waals surface area contributed by atoms with Gasteiger partial charge in [0.15, 0.2) is 5.69 Å². The van der Waals surface area contributed by atoms with Gasteiger partial charge < -0.3 is 15.0 Å². The van der Waals surface area contributed by atoms with E-state index in [4.69, 9.17) is 0 Å². The van der Waals surface area contributed by atoms with Crippen molar-refractivity contribution in [3.8, 4) is 5.75 Å². The molecule has 0 radical (unpaired) electrons. The minimum absolute atomic E-state index is 0. The van der Waals surface area contributed by atoms with Gasteiger partial charge in [-0.25, -0.2) is 4.68 Å². The van der Waals surface area contributed by atoms with Gasteiger partial charge in [0, 0.05) is 13.6 Å². The molecule has 0 aliphatic carbocycles. The van der Waals surface area contributed by atoms with E-state index in [1.807, 2.05) is 0 Å². The van der Waals surface area contributed by atoms with Crippen LogP contribution in [0.25, 0.3) is 0 Å². The first-order valence-corrected chi connectivity index (χ1v) is 8.44. The van der Waals surface area contributed by atoms with Gasteiger partial charge in [-0.15, -0.1) is 17.5 Å². The van der Waals surface area contributed by atoms with Crippen LogP contribution >= 0.6 is 12.4 Å². The smallest absolute Gasteiger partial charge is 0.387 e. The van der Waals surface area contributed by atoms with E-state index in [1.165, 1.54) is 17.0 Å². The molecule has 1 aromatic heterocycles. The molecule has 0 unspecified atom stereocenters. The number of piperidine rings is 1. The summed E-state index contributed by atoms with van der Waals surface area (Å²) in [6.45, 7) is -0.668. The van der Waals surface area contributed by atoms with Crippen LogP contribution in [0.2, 0.25) is 0 Å². The number of rotatable bonds is 6. The molecule has 1 amide bonds. The van der Waals surface area contributed by atoms with Gasteiger partial charge in [0.25, 0.3) is 5.91 Å². The van der Waals surface area contributed by atoms with Gasteiger partial charge in [0.1, 0.15) is 5.75 Å². The zero-order valence-electron chi connectivity index (χ0n) is 14.8. The highest BCUT2D eigenvalue weighted by molar-refractivity contribution is 5.91. The molecule has 0 atom stereocenters. The molecule has 148 valence electrons. The molecule has 0 saturated carbocycles. The van der Waals surface area contributed by atoms with E-state index in [0.717, 1.165) is 31.5 Å². The van der Waals surface area contributed by atoms with E-state index < -0.39 is 6.61 Å². The number of halogens is 3. The van der Waals surface area contributed by atoms with Crippen molar-refractivity contribution in [2.45, 2.75) is 32.0 Å². The molecule has 1 fully saturated rings. The fourth-order valence-corrected chi connectivity index (χ4v) is 2.94. The average molecular weight is 402 g/mol. The number of carbonyl (C=O) groups excluding carboxylic acids is 1. The molecule has 1 aliphatic heterocycles. The highest BCUT2D eigenvalue weighted by atomic mass is 35.5. The highest BCUT2D eigenvalue weighted by Crippen LogP contribution is 2.18. The number of hydrogen-bond donors (Lipinski definition) is 1. The molecular formula is C17H22ClF2N5O2. The summed E-state index contributed by atoms with van der Waals surface area (Å²) in [5.41, 5.74) is 1.09. The summed E-state index contributed by atoms with van der Waals surface area (Å²) in [5.74, 6) is -0.152.